The molecule has 0 atom stereocenters. The Balaban J connectivity index is 2.61. The molecule has 6 nitrogen and oxygen atoms in total. The van der Waals surface area contributed by atoms with E-state index in [-0.39, 0.29) is 23.7 Å². The second-order valence-electron chi connectivity index (χ2n) is 3.30. The van der Waals surface area contributed by atoms with Crippen LogP contribution in [0.25, 0.3) is 5.69 Å². The van der Waals surface area contributed by atoms with E-state index < -0.39 is 5.56 Å². The number of hydrogen-bond donors (Lipinski definition) is 4. The second-order valence-corrected chi connectivity index (χ2v) is 3.30. The van der Waals surface area contributed by atoms with Crippen molar-refractivity contribution in [3.8, 4) is 17.3 Å². The highest BCUT2D eigenvalue weighted by Crippen LogP contribution is 2.20. The summed E-state index contributed by atoms with van der Waals surface area (Å²) < 4.78 is 1.17. The van der Waals surface area contributed by atoms with Crippen molar-refractivity contribution in [3.05, 3.63) is 40.2 Å². The topological polar surface area (TPSA) is 104 Å². The number of aromatic hydroxyl groups is 2. The lowest BCUT2D eigenvalue weighted by Crippen LogP contribution is -2.10. The second kappa shape index (κ2) is 3.74. The molecule has 1 heterocycles. The predicted octanol–water partition coefficient (Wildman–Crippen LogP) is 0.0355. The summed E-state index contributed by atoms with van der Waals surface area (Å²) in [5, 5.41) is 21.4. The van der Waals surface area contributed by atoms with Gasteiger partial charge in [-0.1, -0.05) is 6.07 Å². The molecule has 0 aliphatic heterocycles. The van der Waals surface area contributed by atoms with E-state index >= 15 is 0 Å². The zero-order valence-electron chi connectivity index (χ0n) is 8.34. The van der Waals surface area contributed by atoms with E-state index in [1.165, 1.54) is 16.8 Å². The third-order valence-corrected chi connectivity index (χ3v) is 2.26. The summed E-state index contributed by atoms with van der Waals surface area (Å²) in [6.07, 6.45) is 0. The van der Waals surface area contributed by atoms with Gasteiger partial charge in [-0.2, -0.15) is 0 Å². The standard InChI is InChI=1S/C10H11N3O3/c11-5-8-9(15)12-13(10(8)16)6-2-1-3-7(14)4-6/h1-4,14,16H,5,11H2,(H,12,15). The number of benzene rings is 1. The average Bonchev–Trinajstić information content (AvgIpc) is 2.54. The van der Waals surface area contributed by atoms with Crippen molar-refractivity contribution in [2.24, 2.45) is 5.73 Å². The number of nitrogens with zero attached hydrogens (tertiary/aromatic N) is 1. The van der Waals surface area contributed by atoms with Crippen LogP contribution in [0.3, 0.4) is 0 Å². The summed E-state index contributed by atoms with van der Waals surface area (Å²) >= 11 is 0. The minimum atomic E-state index is -0.441. The summed E-state index contributed by atoms with van der Waals surface area (Å²) in [4.78, 5) is 11.4. The molecule has 1 aromatic heterocycles. The molecule has 0 fully saturated rings. The van der Waals surface area contributed by atoms with Crippen molar-refractivity contribution >= 4 is 0 Å². The minimum Gasteiger partial charge on any atom is -0.508 e. The van der Waals surface area contributed by atoms with Crippen LogP contribution < -0.4 is 11.3 Å². The molecule has 0 aliphatic rings. The molecule has 5 N–H and O–H groups in total. The van der Waals surface area contributed by atoms with Crippen molar-refractivity contribution < 1.29 is 10.2 Å². The monoisotopic (exact) mass is 221 g/mol. The predicted molar refractivity (Wildman–Crippen MR) is 57.6 cm³/mol. The number of rotatable bonds is 2. The van der Waals surface area contributed by atoms with Crippen LogP contribution in [0.15, 0.2) is 29.1 Å². The van der Waals surface area contributed by atoms with Crippen LogP contribution >= 0.6 is 0 Å². The number of phenols is 1. The highest BCUT2D eigenvalue weighted by Gasteiger charge is 2.13. The molecule has 0 aliphatic carbocycles. The summed E-state index contributed by atoms with van der Waals surface area (Å²) in [5.41, 5.74) is 5.46. The maximum absolute atomic E-state index is 11.4. The van der Waals surface area contributed by atoms with Gasteiger partial charge in [0.1, 0.15) is 5.75 Å². The lowest BCUT2D eigenvalue weighted by Gasteiger charge is -2.04. The molecule has 6 heteroatoms. The first-order valence-corrected chi connectivity index (χ1v) is 4.66. The van der Waals surface area contributed by atoms with Gasteiger partial charge in [-0.3, -0.25) is 9.89 Å². The number of H-pyrrole nitrogens is 1. The molecule has 2 aromatic rings. The van der Waals surface area contributed by atoms with Gasteiger partial charge >= 0.3 is 0 Å². The molecular weight excluding hydrogens is 210 g/mol. The van der Waals surface area contributed by atoms with E-state index in [9.17, 15) is 15.0 Å². The number of aromatic nitrogens is 2. The van der Waals surface area contributed by atoms with Crippen molar-refractivity contribution in [1.82, 2.24) is 9.78 Å². The molecule has 0 spiro atoms. The van der Waals surface area contributed by atoms with Crippen molar-refractivity contribution in [3.63, 3.8) is 0 Å². The maximum Gasteiger partial charge on any atom is 0.272 e. The highest BCUT2D eigenvalue weighted by molar-refractivity contribution is 5.41. The number of nitrogens with two attached hydrogens (primary N) is 1. The number of phenolic OH excluding ortho intramolecular Hbond substituents is 1. The number of hydrogen-bond acceptors (Lipinski definition) is 4. The lowest BCUT2D eigenvalue weighted by molar-refractivity contribution is 0.427. The van der Waals surface area contributed by atoms with Crippen LogP contribution in [0.4, 0.5) is 0 Å². The van der Waals surface area contributed by atoms with Gasteiger partial charge in [0.05, 0.1) is 11.3 Å². The summed E-state index contributed by atoms with van der Waals surface area (Å²) in [6, 6.07) is 6.14. The van der Waals surface area contributed by atoms with Crippen LogP contribution in [-0.4, -0.2) is 20.0 Å². The van der Waals surface area contributed by atoms with Crippen LogP contribution in [0.1, 0.15) is 5.56 Å². The largest absolute Gasteiger partial charge is 0.508 e. The molecular formula is C10H11N3O3. The first-order chi connectivity index (χ1) is 7.63. The molecule has 1 aromatic carbocycles. The molecule has 16 heavy (non-hydrogen) atoms. The van der Waals surface area contributed by atoms with Gasteiger partial charge in [-0.15, -0.1) is 0 Å². The number of nitrogens with one attached hydrogen (secondary N) is 1. The molecule has 0 radical (unpaired) electrons. The van der Waals surface area contributed by atoms with Gasteiger partial charge in [0.25, 0.3) is 5.56 Å². The molecule has 0 bridgehead atoms. The smallest absolute Gasteiger partial charge is 0.272 e. The number of aromatic amines is 1. The molecule has 0 amide bonds. The fourth-order valence-electron chi connectivity index (χ4n) is 1.46. The summed E-state index contributed by atoms with van der Waals surface area (Å²) in [7, 11) is 0. The first kappa shape index (κ1) is 10.3. The fourth-order valence-corrected chi connectivity index (χ4v) is 1.46. The average molecular weight is 221 g/mol. The first-order valence-electron chi connectivity index (χ1n) is 4.66. The summed E-state index contributed by atoms with van der Waals surface area (Å²) in [5.74, 6) is -0.196. The fraction of sp³-hybridized carbons (Fsp3) is 0.100. The van der Waals surface area contributed by atoms with Gasteiger partial charge in [0, 0.05) is 12.6 Å². The Morgan fingerprint density at radius 1 is 1.38 bits per heavy atom. The van der Waals surface area contributed by atoms with Gasteiger partial charge in [0.2, 0.25) is 5.88 Å². The van der Waals surface area contributed by atoms with E-state index in [4.69, 9.17) is 5.73 Å². The lowest BCUT2D eigenvalue weighted by atomic mass is 10.3. The van der Waals surface area contributed by atoms with Crippen molar-refractivity contribution in [2.75, 3.05) is 0 Å². The van der Waals surface area contributed by atoms with Crippen LogP contribution in [0.5, 0.6) is 11.6 Å². The Morgan fingerprint density at radius 3 is 2.69 bits per heavy atom. The van der Waals surface area contributed by atoms with Crippen molar-refractivity contribution in [1.29, 1.82) is 0 Å². The van der Waals surface area contributed by atoms with Gasteiger partial charge in [-0.25, -0.2) is 4.68 Å². The Labute approximate surface area is 90.6 Å². The third-order valence-electron chi connectivity index (χ3n) is 2.26. The molecule has 2 rings (SSSR count). The highest BCUT2D eigenvalue weighted by atomic mass is 16.3. The minimum absolute atomic E-state index is 0.0424. The Kier molecular flexibility index (Phi) is 2.41. The Morgan fingerprint density at radius 2 is 2.12 bits per heavy atom. The SMILES string of the molecule is NCc1c(O)n(-c2cccc(O)c2)[nH]c1=O. The van der Waals surface area contributed by atoms with Crippen LogP contribution in [0, 0.1) is 0 Å². The van der Waals surface area contributed by atoms with Crippen LogP contribution in [0.2, 0.25) is 0 Å². The Hall–Kier alpha value is -2.21. The van der Waals surface area contributed by atoms with Crippen molar-refractivity contribution in [2.45, 2.75) is 6.54 Å². The summed E-state index contributed by atoms with van der Waals surface area (Å²) in [6.45, 7) is -0.0486. The van der Waals surface area contributed by atoms with E-state index in [0.717, 1.165) is 0 Å². The zero-order valence-corrected chi connectivity index (χ0v) is 8.34. The van der Waals surface area contributed by atoms with E-state index in [0.29, 0.717) is 5.69 Å². The van der Waals surface area contributed by atoms with Gasteiger partial charge in [0.15, 0.2) is 0 Å². The van der Waals surface area contributed by atoms with E-state index in [1.54, 1.807) is 12.1 Å². The molecule has 0 saturated carbocycles. The normalized spacial score (nSPS) is 10.6. The van der Waals surface area contributed by atoms with E-state index in [2.05, 4.69) is 5.10 Å². The molecule has 0 unspecified atom stereocenters. The van der Waals surface area contributed by atoms with E-state index in [1.807, 2.05) is 0 Å². The third kappa shape index (κ3) is 1.55. The van der Waals surface area contributed by atoms with Gasteiger partial charge in [-0.05, 0) is 12.1 Å². The zero-order chi connectivity index (χ0) is 11.7. The molecule has 0 saturated heterocycles. The van der Waals surface area contributed by atoms with Crippen LogP contribution in [-0.2, 0) is 6.54 Å². The molecule has 84 valence electrons. The quantitative estimate of drug-likeness (QED) is 0.574. The Bertz CT molecular complexity index is 571. The maximum atomic E-state index is 11.4. The van der Waals surface area contributed by atoms with Gasteiger partial charge < -0.3 is 15.9 Å².